The molecule has 2 aliphatic heterocycles. The number of aliphatic carboxylic acids is 2. The van der Waals surface area contributed by atoms with Crippen LogP contribution >= 0.6 is 0 Å². The molecule has 20 heteroatoms. The van der Waals surface area contributed by atoms with Crippen molar-refractivity contribution >= 4 is 80.9 Å². The molecule has 4 aromatic carbocycles. The summed E-state index contributed by atoms with van der Waals surface area (Å²) in [6.07, 6.45) is 0. The van der Waals surface area contributed by atoms with Gasteiger partial charge in [-0.25, -0.2) is 0 Å². The average Bonchev–Trinajstić information content (AvgIpc) is 3.63. The van der Waals surface area contributed by atoms with E-state index in [1.165, 1.54) is 72.8 Å². The maximum Gasteiger partial charge on any atom is 1.00 e. The van der Waals surface area contributed by atoms with E-state index in [-0.39, 0.29) is 87.4 Å². The van der Waals surface area contributed by atoms with E-state index in [1.54, 1.807) is 24.3 Å². The Balaban J connectivity index is 0.00000314. The molecular formula is C33H23N11Na2O7. The number of azo groups is 2. The van der Waals surface area contributed by atoms with Crippen molar-refractivity contribution in [1.82, 2.24) is 0 Å². The first-order valence-electron chi connectivity index (χ1n) is 14.8. The first kappa shape index (κ1) is 40.1. The van der Waals surface area contributed by atoms with Crippen LogP contribution in [0.3, 0.4) is 0 Å². The number of anilines is 5. The Hall–Kier alpha value is -5.63. The number of carboxylic acid groups (broad SMARTS) is 2. The van der Waals surface area contributed by atoms with Gasteiger partial charge in [-0.1, -0.05) is 12.1 Å². The van der Waals surface area contributed by atoms with Crippen molar-refractivity contribution in [3.63, 3.8) is 0 Å². The van der Waals surface area contributed by atoms with Crippen molar-refractivity contribution in [1.29, 1.82) is 0 Å². The second kappa shape index (κ2) is 17.3. The molecule has 2 atom stereocenters. The summed E-state index contributed by atoms with van der Waals surface area (Å²) < 4.78 is 0. The summed E-state index contributed by atoms with van der Waals surface area (Å²) in [7, 11) is 0. The molecule has 0 radical (unpaired) electrons. The molecule has 3 amide bonds. The Bertz CT molecular complexity index is 2210. The number of amides is 3. The van der Waals surface area contributed by atoms with Crippen LogP contribution in [0.2, 0.25) is 0 Å². The molecular weight excluding hydrogens is 708 g/mol. The number of nitrogens with two attached hydrogens (primary N) is 2. The van der Waals surface area contributed by atoms with E-state index < -0.39 is 53.2 Å². The SMILES string of the molecule is Nc1cccc(N2N=C(C(=O)[O-])C(N=Nc3ccc(NC(=O)c4ccc(N=NC5C(=O)N(c6cccc(N)c6)N=C5C(=O)[O-])cc4)cc3)C2=O)c1.[Na+].[Na+]. The van der Waals surface area contributed by atoms with Gasteiger partial charge in [0, 0.05) is 22.6 Å². The Labute approximate surface area is 343 Å². The van der Waals surface area contributed by atoms with Gasteiger partial charge < -0.3 is 36.6 Å². The summed E-state index contributed by atoms with van der Waals surface area (Å²) in [6.45, 7) is 0. The molecule has 2 heterocycles. The third-order valence-electron chi connectivity index (χ3n) is 7.30. The number of benzene rings is 4. The van der Waals surface area contributed by atoms with E-state index in [2.05, 4.69) is 36.0 Å². The number of nitrogens with one attached hydrogen (secondary N) is 1. The van der Waals surface area contributed by atoms with E-state index in [0.717, 1.165) is 10.0 Å². The van der Waals surface area contributed by atoms with Gasteiger partial charge in [0.25, 0.3) is 17.7 Å². The van der Waals surface area contributed by atoms with Gasteiger partial charge in [0.15, 0.2) is 12.1 Å². The normalized spacial score (nSPS) is 16.6. The summed E-state index contributed by atoms with van der Waals surface area (Å²) >= 11 is 0. The fraction of sp³-hybridized carbons (Fsp3) is 0.0606. The van der Waals surface area contributed by atoms with Crippen LogP contribution in [0.5, 0.6) is 0 Å². The molecule has 0 aliphatic carbocycles. The van der Waals surface area contributed by atoms with E-state index in [9.17, 15) is 34.2 Å². The molecule has 0 aromatic heterocycles. The molecule has 0 bridgehead atoms. The first-order chi connectivity index (χ1) is 24.5. The van der Waals surface area contributed by atoms with E-state index in [4.69, 9.17) is 11.5 Å². The second-order valence-electron chi connectivity index (χ2n) is 10.8. The molecule has 18 nitrogen and oxygen atoms in total. The zero-order valence-corrected chi connectivity index (χ0v) is 32.0. The number of carbonyl (C=O) groups is 5. The molecule has 0 spiro atoms. The fourth-order valence-corrected chi connectivity index (χ4v) is 4.83. The topological polar surface area (TPSA) is 276 Å². The summed E-state index contributed by atoms with van der Waals surface area (Å²) in [5, 5.41) is 51.1. The van der Waals surface area contributed by atoms with Crippen molar-refractivity contribution in [3.8, 4) is 0 Å². The standard InChI is InChI=1S/C33H25N11O7.2Na/c34-18-3-1-5-23(15-18)43-30(46)25(27(41-43)32(48)49)39-37-21-9-7-17(8-10-21)29(45)36-20-11-13-22(14-12-20)38-40-26-28(33(50)51)42-44(31(26)47)24-6-2-4-19(35)16-24;;/h1-16,25-26H,34-35H2,(H,36,45)(H,48,49)(H,50,51);;/q;2*+1/p-2. The molecule has 0 fully saturated rings. The monoisotopic (exact) mass is 731 g/mol. The summed E-state index contributed by atoms with van der Waals surface area (Å²) in [6, 6.07) is 20.9. The predicted molar refractivity (Wildman–Crippen MR) is 179 cm³/mol. The molecule has 2 aliphatic rings. The third-order valence-corrected chi connectivity index (χ3v) is 7.30. The Morgan fingerprint density at radius 3 is 1.45 bits per heavy atom. The molecule has 4 aromatic rings. The number of hydrogen-bond acceptors (Lipinski definition) is 15. The van der Waals surface area contributed by atoms with Gasteiger partial charge >= 0.3 is 59.1 Å². The van der Waals surface area contributed by atoms with Crippen molar-refractivity contribution in [2.45, 2.75) is 12.1 Å². The Morgan fingerprint density at radius 2 is 1.06 bits per heavy atom. The van der Waals surface area contributed by atoms with Crippen molar-refractivity contribution < 1.29 is 93.3 Å². The smallest absolute Gasteiger partial charge is 0.543 e. The number of nitrogen functional groups attached to an aromatic ring is 2. The number of rotatable bonds is 10. The van der Waals surface area contributed by atoms with Crippen LogP contribution in [0.15, 0.2) is 128 Å². The maximum atomic E-state index is 12.9. The Morgan fingerprint density at radius 1 is 0.642 bits per heavy atom. The van der Waals surface area contributed by atoms with Crippen LogP contribution in [0, 0.1) is 0 Å². The van der Waals surface area contributed by atoms with Gasteiger partial charge in [0.1, 0.15) is 11.4 Å². The van der Waals surface area contributed by atoms with E-state index >= 15 is 0 Å². The van der Waals surface area contributed by atoms with Gasteiger partial charge in [-0.05, 0) is 84.9 Å². The number of hydrogen-bond donors (Lipinski definition) is 3. The zero-order valence-electron chi connectivity index (χ0n) is 28.0. The largest absolute Gasteiger partial charge is 1.00 e. The molecule has 0 saturated carbocycles. The molecule has 6 rings (SSSR count). The summed E-state index contributed by atoms with van der Waals surface area (Å²) in [5.74, 6) is -5.39. The fourth-order valence-electron chi connectivity index (χ4n) is 4.83. The van der Waals surface area contributed by atoms with Gasteiger partial charge in [-0.2, -0.15) is 40.7 Å². The van der Waals surface area contributed by atoms with Crippen LogP contribution in [-0.4, -0.2) is 53.2 Å². The second-order valence-corrected chi connectivity index (χ2v) is 10.8. The number of carboxylic acids is 2. The molecule has 0 saturated heterocycles. The molecule has 53 heavy (non-hydrogen) atoms. The van der Waals surface area contributed by atoms with Gasteiger partial charge in [0.2, 0.25) is 0 Å². The maximum absolute atomic E-state index is 12.9. The minimum Gasteiger partial charge on any atom is -0.543 e. The number of hydrazone groups is 2. The zero-order chi connectivity index (χ0) is 36.2. The first-order valence-corrected chi connectivity index (χ1v) is 14.8. The van der Waals surface area contributed by atoms with Crippen LogP contribution in [0.1, 0.15) is 10.4 Å². The quantitative estimate of drug-likeness (QED) is 0.0802. The molecule has 254 valence electrons. The van der Waals surface area contributed by atoms with Crippen LogP contribution in [-0.2, 0) is 19.2 Å². The van der Waals surface area contributed by atoms with Crippen LogP contribution in [0.4, 0.5) is 39.8 Å². The molecule has 2 unspecified atom stereocenters. The van der Waals surface area contributed by atoms with Crippen LogP contribution < -0.4 is 96.1 Å². The van der Waals surface area contributed by atoms with Crippen molar-refractivity contribution in [2.24, 2.45) is 30.7 Å². The summed E-state index contributed by atoms with van der Waals surface area (Å²) in [4.78, 5) is 62.0. The summed E-state index contributed by atoms with van der Waals surface area (Å²) in [5.41, 5.74) is 12.5. The third kappa shape index (κ3) is 9.06. The van der Waals surface area contributed by atoms with E-state index in [1.807, 2.05) is 0 Å². The van der Waals surface area contributed by atoms with Crippen molar-refractivity contribution in [3.05, 3.63) is 103 Å². The van der Waals surface area contributed by atoms with Gasteiger partial charge in [-0.3, -0.25) is 14.4 Å². The van der Waals surface area contributed by atoms with Crippen molar-refractivity contribution in [2.75, 3.05) is 26.8 Å². The minimum absolute atomic E-state index is 0. The predicted octanol–water partition coefficient (Wildman–Crippen LogP) is -4.68. The van der Waals surface area contributed by atoms with Crippen LogP contribution in [0.25, 0.3) is 0 Å². The van der Waals surface area contributed by atoms with E-state index in [0.29, 0.717) is 17.1 Å². The van der Waals surface area contributed by atoms with Gasteiger partial charge in [0.05, 0.1) is 34.7 Å². The van der Waals surface area contributed by atoms with Gasteiger partial charge in [-0.15, -0.1) is 0 Å². The average molecular weight is 732 g/mol. The molecule has 5 N–H and O–H groups in total. The minimum atomic E-state index is -1.69. The Kier molecular flexibility index (Phi) is 13.1. The number of carbonyl (C=O) groups excluding carboxylic acids is 5. The number of nitrogens with zero attached hydrogens (tertiary/aromatic N) is 8.